The number of hydrogen-bond donors (Lipinski definition) is 2. The Balaban J connectivity index is 2.58. The predicted molar refractivity (Wildman–Crippen MR) is 73.7 cm³/mol. The number of benzene rings is 1. The highest BCUT2D eigenvalue weighted by atomic mass is 32.2. The molecular weight excluding hydrogens is 236 g/mol. The van der Waals surface area contributed by atoms with Crippen molar-refractivity contribution >= 4 is 29.0 Å². The number of rotatable bonds is 6. The Hall–Kier alpha value is -1.36. The van der Waals surface area contributed by atoms with Gasteiger partial charge in [0.1, 0.15) is 5.75 Å². The van der Waals surface area contributed by atoms with Gasteiger partial charge in [0.05, 0.1) is 18.6 Å². The molecule has 0 aliphatic carbocycles. The molecule has 0 atom stereocenters. The predicted octanol–water partition coefficient (Wildman–Crippen LogP) is 2.36. The number of carbonyl (C=O) groups excluding carboxylic acids is 1. The van der Waals surface area contributed by atoms with Crippen molar-refractivity contribution in [2.45, 2.75) is 13.3 Å². The fourth-order valence-electron chi connectivity index (χ4n) is 1.31. The van der Waals surface area contributed by atoms with Crippen molar-refractivity contribution in [3.63, 3.8) is 0 Å². The lowest BCUT2D eigenvalue weighted by Crippen LogP contribution is -2.15. The van der Waals surface area contributed by atoms with E-state index in [4.69, 9.17) is 10.5 Å². The van der Waals surface area contributed by atoms with Crippen LogP contribution in [0.2, 0.25) is 0 Å². The van der Waals surface area contributed by atoms with Crippen LogP contribution >= 0.6 is 11.8 Å². The number of amides is 1. The number of thioether (sulfide) groups is 1. The molecule has 0 bridgehead atoms. The summed E-state index contributed by atoms with van der Waals surface area (Å²) in [6, 6.07) is 5.17. The Morgan fingerprint density at radius 2 is 2.29 bits per heavy atom. The molecule has 0 aliphatic rings. The molecule has 1 amide bonds. The molecule has 4 nitrogen and oxygen atoms in total. The summed E-state index contributed by atoms with van der Waals surface area (Å²) in [5.41, 5.74) is 6.90. The Kier molecular flexibility index (Phi) is 5.69. The molecule has 17 heavy (non-hydrogen) atoms. The first-order valence-electron chi connectivity index (χ1n) is 5.48. The second-order valence-electron chi connectivity index (χ2n) is 3.56. The summed E-state index contributed by atoms with van der Waals surface area (Å²) >= 11 is 1.62. The van der Waals surface area contributed by atoms with Crippen LogP contribution in [0, 0.1) is 0 Å². The average molecular weight is 254 g/mol. The van der Waals surface area contributed by atoms with Gasteiger partial charge in [-0.3, -0.25) is 4.79 Å². The zero-order chi connectivity index (χ0) is 12.7. The monoisotopic (exact) mass is 254 g/mol. The van der Waals surface area contributed by atoms with Crippen LogP contribution in [0.5, 0.6) is 5.75 Å². The molecule has 1 rings (SSSR count). The maximum absolute atomic E-state index is 11.6. The van der Waals surface area contributed by atoms with E-state index < -0.39 is 0 Å². The third-order valence-electron chi connectivity index (χ3n) is 2.08. The maximum atomic E-state index is 11.6. The molecule has 0 aliphatic heterocycles. The molecular formula is C12H18N2O2S. The van der Waals surface area contributed by atoms with Crippen molar-refractivity contribution in [1.82, 2.24) is 0 Å². The normalized spacial score (nSPS) is 10.0. The van der Waals surface area contributed by atoms with Crippen LogP contribution in [0.25, 0.3) is 0 Å². The van der Waals surface area contributed by atoms with Gasteiger partial charge in [-0.15, -0.1) is 0 Å². The van der Waals surface area contributed by atoms with Crippen molar-refractivity contribution < 1.29 is 9.53 Å². The number of nitrogens with two attached hydrogens (primary N) is 1. The van der Waals surface area contributed by atoms with Crippen LogP contribution in [-0.2, 0) is 4.79 Å². The van der Waals surface area contributed by atoms with Gasteiger partial charge in [0.25, 0.3) is 0 Å². The van der Waals surface area contributed by atoms with Crippen molar-refractivity contribution in [2.24, 2.45) is 0 Å². The van der Waals surface area contributed by atoms with E-state index in [9.17, 15) is 4.79 Å². The minimum atomic E-state index is -0.0217. The minimum Gasteiger partial charge on any atom is -0.494 e. The molecule has 0 aromatic heterocycles. The number of methoxy groups -OCH3 is 1. The summed E-state index contributed by atoms with van der Waals surface area (Å²) in [5, 5.41) is 2.81. The highest BCUT2D eigenvalue weighted by molar-refractivity contribution is 7.99. The summed E-state index contributed by atoms with van der Waals surface area (Å²) in [6.07, 6.45) is 1.07. The van der Waals surface area contributed by atoms with E-state index >= 15 is 0 Å². The Labute approximate surface area is 106 Å². The number of hydrogen-bond acceptors (Lipinski definition) is 4. The second-order valence-corrected chi connectivity index (χ2v) is 4.67. The molecule has 0 saturated heterocycles. The number of ether oxygens (including phenoxy) is 1. The molecule has 3 N–H and O–H groups in total. The van der Waals surface area contributed by atoms with Gasteiger partial charge >= 0.3 is 0 Å². The number of carbonyl (C=O) groups is 1. The summed E-state index contributed by atoms with van der Waals surface area (Å²) in [7, 11) is 1.55. The first-order valence-corrected chi connectivity index (χ1v) is 6.64. The van der Waals surface area contributed by atoms with Gasteiger partial charge < -0.3 is 15.8 Å². The van der Waals surface area contributed by atoms with Gasteiger partial charge in [-0.2, -0.15) is 11.8 Å². The lowest BCUT2D eigenvalue weighted by Gasteiger charge is -2.10. The lowest BCUT2D eigenvalue weighted by atomic mass is 10.2. The zero-order valence-corrected chi connectivity index (χ0v) is 11.0. The Morgan fingerprint density at radius 3 is 2.94 bits per heavy atom. The summed E-state index contributed by atoms with van der Waals surface area (Å²) in [5.74, 6) is 2.01. The second kappa shape index (κ2) is 7.06. The molecule has 0 spiro atoms. The average Bonchev–Trinajstić information content (AvgIpc) is 2.32. The molecule has 0 heterocycles. The van der Waals surface area contributed by atoms with Gasteiger partial charge in [-0.05, 0) is 24.3 Å². The van der Waals surface area contributed by atoms with Crippen LogP contribution in [-0.4, -0.2) is 24.5 Å². The SMILES string of the molecule is CCCSCC(=O)Nc1ccc(N)cc1OC. The number of anilines is 2. The van der Waals surface area contributed by atoms with E-state index in [1.54, 1.807) is 37.1 Å². The summed E-state index contributed by atoms with van der Waals surface area (Å²) in [6.45, 7) is 2.09. The summed E-state index contributed by atoms with van der Waals surface area (Å²) in [4.78, 5) is 11.6. The highest BCUT2D eigenvalue weighted by Crippen LogP contribution is 2.26. The van der Waals surface area contributed by atoms with E-state index in [1.165, 1.54) is 0 Å². The number of nitrogens with one attached hydrogen (secondary N) is 1. The van der Waals surface area contributed by atoms with E-state index in [0.717, 1.165) is 12.2 Å². The van der Waals surface area contributed by atoms with E-state index in [0.29, 0.717) is 22.9 Å². The zero-order valence-electron chi connectivity index (χ0n) is 10.2. The molecule has 0 unspecified atom stereocenters. The van der Waals surface area contributed by atoms with Crippen LogP contribution < -0.4 is 15.8 Å². The van der Waals surface area contributed by atoms with E-state index in [1.807, 2.05) is 0 Å². The first kappa shape index (κ1) is 13.7. The van der Waals surface area contributed by atoms with Gasteiger partial charge in [-0.1, -0.05) is 6.92 Å². The van der Waals surface area contributed by atoms with E-state index in [-0.39, 0.29) is 5.91 Å². The molecule has 0 saturated carbocycles. The van der Waals surface area contributed by atoms with Gasteiger partial charge in [0.2, 0.25) is 5.91 Å². The highest BCUT2D eigenvalue weighted by Gasteiger charge is 2.07. The smallest absolute Gasteiger partial charge is 0.234 e. The van der Waals surface area contributed by atoms with Crippen molar-refractivity contribution in [3.05, 3.63) is 18.2 Å². The van der Waals surface area contributed by atoms with E-state index in [2.05, 4.69) is 12.2 Å². The molecule has 0 fully saturated rings. The van der Waals surface area contributed by atoms with Crippen molar-refractivity contribution in [1.29, 1.82) is 0 Å². The molecule has 1 aromatic carbocycles. The van der Waals surface area contributed by atoms with Crippen LogP contribution in [0.15, 0.2) is 18.2 Å². The third-order valence-corrected chi connectivity index (χ3v) is 3.24. The van der Waals surface area contributed by atoms with Gasteiger partial charge in [-0.25, -0.2) is 0 Å². The van der Waals surface area contributed by atoms with Crippen molar-refractivity contribution in [2.75, 3.05) is 29.7 Å². The fourth-order valence-corrected chi connectivity index (χ4v) is 2.00. The van der Waals surface area contributed by atoms with Crippen LogP contribution in [0.4, 0.5) is 11.4 Å². The Morgan fingerprint density at radius 1 is 1.53 bits per heavy atom. The Bertz CT molecular complexity index is 383. The van der Waals surface area contributed by atoms with Gasteiger partial charge in [0.15, 0.2) is 0 Å². The molecule has 94 valence electrons. The molecule has 0 radical (unpaired) electrons. The van der Waals surface area contributed by atoms with Crippen LogP contribution in [0.1, 0.15) is 13.3 Å². The lowest BCUT2D eigenvalue weighted by molar-refractivity contribution is -0.113. The largest absolute Gasteiger partial charge is 0.494 e. The van der Waals surface area contributed by atoms with Crippen LogP contribution in [0.3, 0.4) is 0 Å². The number of nitrogen functional groups attached to an aromatic ring is 1. The standard InChI is InChI=1S/C12H18N2O2S/c1-3-6-17-8-12(15)14-10-5-4-9(13)7-11(10)16-2/h4-5,7H,3,6,8,13H2,1-2H3,(H,14,15). The minimum absolute atomic E-state index is 0.0217. The van der Waals surface area contributed by atoms with Gasteiger partial charge in [0, 0.05) is 11.8 Å². The maximum Gasteiger partial charge on any atom is 0.234 e. The fraction of sp³-hybridized carbons (Fsp3) is 0.417. The third kappa shape index (κ3) is 4.56. The molecule has 1 aromatic rings. The quantitative estimate of drug-likeness (QED) is 0.604. The summed E-state index contributed by atoms with van der Waals surface area (Å²) < 4.78 is 5.15. The van der Waals surface area contributed by atoms with Crippen molar-refractivity contribution in [3.8, 4) is 5.75 Å². The topological polar surface area (TPSA) is 64.4 Å². The molecule has 5 heteroatoms. The first-order chi connectivity index (χ1) is 8.17.